The second-order valence-corrected chi connectivity index (χ2v) is 5.82. The largest absolute Gasteiger partial charge is 0.463 e. The molecule has 1 heterocycles. The van der Waals surface area contributed by atoms with E-state index in [0.717, 1.165) is 28.0 Å². The third-order valence-corrected chi connectivity index (χ3v) is 4.17. The standard InChI is InChI=1S/C14H19BrN2O2/c1-10-4-2-3-5-17(10)14-12(15)6-11(7-13(14)16)8-19-9-18/h6-7,9-10H,2-5,8,16H2,1H3. The highest BCUT2D eigenvalue weighted by Gasteiger charge is 2.22. The molecule has 2 rings (SSSR count). The lowest BCUT2D eigenvalue weighted by molar-refractivity contribution is -0.129. The molecule has 1 aliphatic rings. The van der Waals surface area contributed by atoms with E-state index < -0.39 is 0 Å². The Labute approximate surface area is 122 Å². The summed E-state index contributed by atoms with van der Waals surface area (Å²) in [6.45, 7) is 3.97. The Balaban J connectivity index is 2.27. The van der Waals surface area contributed by atoms with E-state index in [9.17, 15) is 4.79 Å². The van der Waals surface area contributed by atoms with Gasteiger partial charge in [-0.25, -0.2) is 0 Å². The van der Waals surface area contributed by atoms with Crippen molar-refractivity contribution in [3.8, 4) is 0 Å². The van der Waals surface area contributed by atoms with Gasteiger partial charge in [0, 0.05) is 17.1 Å². The van der Waals surface area contributed by atoms with Gasteiger partial charge in [0.25, 0.3) is 6.47 Å². The van der Waals surface area contributed by atoms with Crippen molar-refractivity contribution >= 4 is 33.8 Å². The number of ether oxygens (including phenoxy) is 1. The second-order valence-electron chi connectivity index (χ2n) is 4.96. The van der Waals surface area contributed by atoms with Crippen molar-refractivity contribution in [1.29, 1.82) is 0 Å². The van der Waals surface area contributed by atoms with Crippen molar-refractivity contribution in [1.82, 2.24) is 0 Å². The molecular weight excluding hydrogens is 308 g/mol. The smallest absolute Gasteiger partial charge is 0.293 e. The van der Waals surface area contributed by atoms with Gasteiger partial charge in [0.1, 0.15) is 6.61 Å². The van der Waals surface area contributed by atoms with E-state index in [0.29, 0.717) is 12.5 Å². The Morgan fingerprint density at radius 2 is 2.32 bits per heavy atom. The summed E-state index contributed by atoms with van der Waals surface area (Å²) < 4.78 is 5.73. The summed E-state index contributed by atoms with van der Waals surface area (Å²) in [5, 5.41) is 0. The van der Waals surface area contributed by atoms with Gasteiger partial charge in [-0.2, -0.15) is 0 Å². The Morgan fingerprint density at radius 1 is 1.53 bits per heavy atom. The number of benzene rings is 1. The maximum Gasteiger partial charge on any atom is 0.293 e. The van der Waals surface area contributed by atoms with E-state index in [4.69, 9.17) is 10.5 Å². The lowest BCUT2D eigenvalue weighted by atomic mass is 10.0. The van der Waals surface area contributed by atoms with Crippen LogP contribution in [0.4, 0.5) is 11.4 Å². The fourth-order valence-electron chi connectivity index (χ4n) is 2.63. The van der Waals surface area contributed by atoms with Crippen molar-refractivity contribution in [3.63, 3.8) is 0 Å². The fraction of sp³-hybridized carbons (Fsp3) is 0.500. The van der Waals surface area contributed by atoms with Crippen LogP contribution in [0.5, 0.6) is 0 Å². The maximum atomic E-state index is 10.2. The van der Waals surface area contributed by atoms with Crippen molar-refractivity contribution in [2.24, 2.45) is 0 Å². The first-order valence-electron chi connectivity index (χ1n) is 6.53. The van der Waals surface area contributed by atoms with Gasteiger partial charge in [0.2, 0.25) is 0 Å². The van der Waals surface area contributed by atoms with E-state index in [1.165, 1.54) is 19.3 Å². The van der Waals surface area contributed by atoms with Gasteiger partial charge in [-0.15, -0.1) is 0 Å². The van der Waals surface area contributed by atoms with Gasteiger partial charge in [0.05, 0.1) is 11.4 Å². The molecule has 0 bridgehead atoms. The first kappa shape index (κ1) is 14.2. The molecule has 0 radical (unpaired) electrons. The van der Waals surface area contributed by atoms with Crippen LogP contribution in [0.25, 0.3) is 0 Å². The van der Waals surface area contributed by atoms with Crippen molar-refractivity contribution in [2.75, 3.05) is 17.2 Å². The number of hydrogen-bond acceptors (Lipinski definition) is 4. The van der Waals surface area contributed by atoms with Crippen LogP contribution in [-0.4, -0.2) is 19.1 Å². The number of halogens is 1. The molecule has 1 unspecified atom stereocenters. The van der Waals surface area contributed by atoms with E-state index in [1.807, 2.05) is 12.1 Å². The molecule has 2 N–H and O–H groups in total. The summed E-state index contributed by atoms with van der Waals surface area (Å²) >= 11 is 3.59. The molecule has 5 heteroatoms. The van der Waals surface area contributed by atoms with Crippen molar-refractivity contribution in [2.45, 2.75) is 38.8 Å². The molecule has 0 spiro atoms. The van der Waals surface area contributed by atoms with Crippen LogP contribution in [0.3, 0.4) is 0 Å². The predicted molar refractivity (Wildman–Crippen MR) is 80.1 cm³/mol. The molecule has 19 heavy (non-hydrogen) atoms. The van der Waals surface area contributed by atoms with Crippen molar-refractivity contribution < 1.29 is 9.53 Å². The number of rotatable bonds is 4. The van der Waals surface area contributed by atoms with Gasteiger partial charge in [0.15, 0.2) is 0 Å². The van der Waals surface area contributed by atoms with Gasteiger partial charge in [-0.1, -0.05) is 0 Å². The van der Waals surface area contributed by atoms with Crippen molar-refractivity contribution in [3.05, 3.63) is 22.2 Å². The summed E-state index contributed by atoms with van der Waals surface area (Å²) in [5.41, 5.74) is 8.85. The number of nitrogen functional groups attached to an aromatic ring is 1. The van der Waals surface area contributed by atoms with Crippen LogP contribution in [0.1, 0.15) is 31.7 Å². The summed E-state index contributed by atoms with van der Waals surface area (Å²) in [4.78, 5) is 12.6. The van der Waals surface area contributed by atoms with E-state index in [2.05, 4.69) is 27.8 Å². The lowest BCUT2D eigenvalue weighted by Gasteiger charge is -2.37. The first-order valence-corrected chi connectivity index (χ1v) is 7.32. The highest BCUT2D eigenvalue weighted by molar-refractivity contribution is 9.10. The third-order valence-electron chi connectivity index (χ3n) is 3.56. The molecule has 4 nitrogen and oxygen atoms in total. The number of carbonyl (C=O) groups excluding carboxylic acids is 1. The molecule has 1 fully saturated rings. The minimum atomic E-state index is 0.252. The summed E-state index contributed by atoms with van der Waals surface area (Å²) in [7, 11) is 0. The zero-order valence-electron chi connectivity index (χ0n) is 11.1. The molecule has 1 aromatic rings. The molecular formula is C14H19BrN2O2. The minimum Gasteiger partial charge on any atom is -0.463 e. The van der Waals surface area contributed by atoms with Crippen LogP contribution >= 0.6 is 15.9 Å². The van der Waals surface area contributed by atoms with Gasteiger partial charge in [-0.3, -0.25) is 4.79 Å². The molecule has 104 valence electrons. The van der Waals surface area contributed by atoms with E-state index in [-0.39, 0.29) is 6.61 Å². The molecule has 1 aliphatic heterocycles. The number of piperidine rings is 1. The van der Waals surface area contributed by atoms with Crippen LogP contribution < -0.4 is 10.6 Å². The SMILES string of the molecule is CC1CCCCN1c1c(N)cc(COC=O)cc1Br. The Bertz CT molecular complexity index is 442. The first-order chi connectivity index (χ1) is 9.13. The van der Waals surface area contributed by atoms with Crippen LogP contribution in [0, 0.1) is 0 Å². The van der Waals surface area contributed by atoms with Crippen LogP contribution in [0.15, 0.2) is 16.6 Å². The summed E-state index contributed by atoms with van der Waals surface area (Å²) in [6, 6.07) is 4.35. The number of hydrogen-bond donors (Lipinski definition) is 1. The van der Waals surface area contributed by atoms with Crippen LogP contribution in [-0.2, 0) is 16.1 Å². The minimum absolute atomic E-state index is 0.252. The Morgan fingerprint density at radius 3 is 2.95 bits per heavy atom. The molecule has 0 saturated carbocycles. The number of nitrogens with zero attached hydrogens (tertiary/aromatic N) is 1. The Kier molecular flexibility index (Phi) is 4.69. The molecule has 1 atom stereocenters. The topological polar surface area (TPSA) is 55.6 Å². The zero-order chi connectivity index (χ0) is 13.8. The molecule has 0 amide bonds. The fourth-order valence-corrected chi connectivity index (χ4v) is 3.38. The number of nitrogens with two attached hydrogens (primary N) is 1. The zero-order valence-corrected chi connectivity index (χ0v) is 12.6. The van der Waals surface area contributed by atoms with Gasteiger partial charge < -0.3 is 15.4 Å². The van der Waals surface area contributed by atoms with Crippen LogP contribution in [0.2, 0.25) is 0 Å². The number of carbonyl (C=O) groups is 1. The highest BCUT2D eigenvalue weighted by Crippen LogP contribution is 2.37. The monoisotopic (exact) mass is 326 g/mol. The molecule has 1 saturated heterocycles. The quantitative estimate of drug-likeness (QED) is 0.682. The average molecular weight is 327 g/mol. The van der Waals surface area contributed by atoms with Gasteiger partial charge in [-0.05, 0) is 59.8 Å². The molecule has 0 aliphatic carbocycles. The average Bonchev–Trinajstić information content (AvgIpc) is 2.38. The second kappa shape index (κ2) is 6.28. The third kappa shape index (κ3) is 3.21. The molecule has 0 aromatic heterocycles. The van der Waals surface area contributed by atoms with Gasteiger partial charge >= 0.3 is 0 Å². The van der Waals surface area contributed by atoms with E-state index in [1.54, 1.807) is 0 Å². The Hall–Kier alpha value is -1.23. The predicted octanol–water partition coefficient (Wildman–Crippen LogP) is 3.08. The number of anilines is 2. The normalized spacial score (nSPS) is 19.3. The van der Waals surface area contributed by atoms with E-state index >= 15 is 0 Å². The lowest BCUT2D eigenvalue weighted by Crippen LogP contribution is -2.38. The maximum absolute atomic E-state index is 10.2. The molecule has 1 aromatic carbocycles. The summed E-state index contributed by atoms with van der Waals surface area (Å²) in [6.07, 6.45) is 3.68. The highest BCUT2D eigenvalue weighted by atomic mass is 79.9. The summed E-state index contributed by atoms with van der Waals surface area (Å²) in [5.74, 6) is 0.